The number of Topliss-reactive ketones (excluding diaryl/α,β-unsaturated/α-hetero) is 1. The number of benzene rings is 1. The maximum atomic E-state index is 13.6. The van der Waals surface area contributed by atoms with Crippen LogP contribution in [0, 0.1) is 11.2 Å². The quantitative estimate of drug-likeness (QED) is 0.358. The number of nitrogens with one attached hydrogen (secondary N) is 2. The van der Waals surface area contributed by atoms with Crippen molar-refractivity contribution in [1.82, 2.24) is 15.2 Å². The number of ketones is 1. The van der Waals surface area contributed by atoms with Gasteiger partial charge in [0.1, 0.15) is 17.2 Å². The Kier molecular flexibility index (Phi) is 6.62. The third-order valence-electron chi connectivity index (χ3n) is 6.56. The molecule has 8 nitrogen and oxygen atoms in total. The van der Waals surface area contributed by atoms with Crippen molar-refractivity contribution in [2.75, 3.05) is 5.32 Å². The molecule has 1 unspecified atom stereocenters. The van der Waals surface area contributed by atoms with Crippen LogP contribution < -0.4 is 10.1 Å². The molecule has 1 aliphatic heterocycles. The molecular formula is C30H31FN4O4. The minimum atomic E-state index is -0.884. The lowest BCUT2D eigenvalue weighted by molar-refractivity contribution is -0.118. The molecule has 9 heteroatoms. The molecule has 0 bridgehead atoms. The number of pyridine rings is 1. The number of hydrogen-bond acceptors (Lipinski definition) is 7. The molecular weight excluding hydrogens is 499 g/mol. The smallest absolute Gasteiger partial charge is 0.428 e. The first-order valence-electron chi connectivity index (χ1n) is 12.8. The molecule has 2 aromatic heterocycles. The van der Waals surface area contributed by atoms with Gasteiger partial charge in [0, 0.05) is 35.4 Å². The van der Waals surface area contributed by atoms with Crippen molar-refractivity contribution in [3.05, 3.63) is 77.0 Å². The Balaban J connectivity index is 1.49. The van der Waals surface area contributed by atoms with Crippen LogP contribution >= 0.6 is 0 Å². The normalized spacial score (nSPS) is 18.4. The highest BCUT2D eigenvalue weighted by Crippen LogP contribution is 2.49. The highest BCUT2D eigenvalue weighted by molar-refractivity contribution is 6.01. The van der Waals surface area contributed by atoms with Crippen LogP contribution in [0.15, 0.2) is 59.9 Å². The number of ether oxygens (including phenoxy) is 2. The van der Waals surface area contributed by atoms with E-state index in [4.69, 9.17) is 9.47 Å². The summed E-state index contributed by atoms with van der Waals surface area (Å²) in [7, 11) is 0. The Morgan fingerprint density at radius 1 is 1.15 bits per heavy atom. The van der Waals surface area contributed by atoms with Gasteiger partial charge in [0.25, 0.3) is 5.88 Å². The molecule has 0 fully saturated rings. The summed E-state index contributed by atoms with van der Waals surface area (Å²) in [5.74, 6) is -0.220. The number of carbonyl (C=O) groups is 2. The second kappa shape index (κ2) is 9.80. The lowest BCUT2D eigenvalue weighted by Gasteiger charge is -2.37. The molecule has 202 valence electrons. The molecule has 1 atom stereocenters. The van der Waals surface area contributed by atoms with Gasteiger partial charge in [0.15, 0.2) is 5.78 Å². The van der Waals surface area contributed by atoms with Gasteiger partial charge in [-0.25, -0.2) is 9.18 Å². The molecule has 1 aliphatic carbocycles. The average molecular weight is 531 g/mol. The van der Waals surface area contributed by atoms with E-state index in [1.54, 1.807) is 33.0 Å². The number of fused-ring (bicyclic) bond motifs is 1. The number of carbonyl (C=O) groups excluding carboxylic acids is 2. The van der Waals surface area contributed by atoms with Crippen molar-refractivity contribution in [3.8, 4) is 17.0 Å². The van der Waals surface area contributed by atoms with Gasteiger partial charge in [0.2, 0.25) is 0 Å². The van der Waals surface area contributed by atoms with E-state index in [1.165, 1.54) is 12.1 Å². The Labute approximate surface area is 226 Å². The van der Waals surface area contributed by atoms with Gasteiger partial charge in [-0.3, -0.25) is 14.9 Å². The van der Waals surface area contributed by atoms with Crippen molar-refractivity contribution in [2.45, 2.75) is 59.0 Å². The molecule has 0 saturated carbocycles. The number of aromatic nitrogens is 3. The minimum absolute atomic E-state index is 0.0212. The standard InChI is InChI=1S/C30H31FN4O4/c1-29(2,3)39-28(37)38-27-25-21(24-22(33-26(25)34-35-27)14-30(4,5)15-23(24)36)12-11-20-10-9-18(16-32-20)17-7-6-8-19(31)13-17/h6-13,16,21H,14-15H2,1-5H3,(H2,33,34,35)/b12-11+. The number of rotatable bonds is 4. The maximum Gasteiger partial charge on any atom is 0.515 e. The van der Waals surface area contributed by atoms with E-state index in [2.05, 4.69) is 34.3 Å². The summed E-state index contributed by atoms with van der Waals surface area (Å²) < 4.78 is 24.4. The average Bonchev–Trinajstić information content (AvgIpc) is 3.22. The molecule has 0 amide bonds. The number of halogens is 1. The predicted octanol–water partition coefficient (Wildman–Crippen LogP) is 6.79. The van der Waals surface area contributed by atoms with E-state index in [0.717, 1.165) is 16.8 Å². The zero-order valence-corrected chi connectivity index (χ0v) is 22.6. The van der Waals surface area contributed by atoms with E-state index < -0.39 is 17.7 Å². The maximum absolute atomic E-state index is 13.6. The largest absolute Gasteiger partial charge is 0.515 e. The summed E-state index contributed by atoms with van der Waals surface area (Å²) in [6.07, 6.45) is 5.55. The first-order chi connectivity index (χ1) is 18.4. The molecule has 0 radical (unpaired) electrons. The molecule has 5 rings (SSSR count). The molecule has 3 heterocycles. The van der Waals surface area contributed by atoms with Crippen molar-refractivity contribution in [2.24, 2.45) is 5.41 Å². The Hall–Kier alpha value is -4.27. The minimum Gasteiger partial charge on any atom is -0.428 e. The number of H-pyrrole nitrogens is 1. The van der Waals surface area contributed by atoms with Crippen LogP contribution in [-0.4, -0.2) is 32.7 Å². The second-order valence-electron chi connectivity index (χ2n) is 11.7. The van der Waals surface area contributed by atoms with Gasteiger partial charge in [-0.2, -0.15) is 0 Å². The fraction of sp³-hybridized carbons (Fsp3) is 0.333. The zero-order valence-electron chi connectivity index (χ0n) is 22.6. The number of aromatic amines is 1. The molecule has 3 aromatic rings. The van der Waals surface area contributed by atoms with Gasteiger partial charge in [-0.1, -0.05) is 38.1 Å². The summed E-state index contributed by atoms with van der Waals surface area (Å²) in [5, 5.41) is 10.4. The second-order valence-corrected chi connectivity index (χ2v) is 11.7. The van der Waals surface area contributed by atoms with Crippen molar-refractivity contribution >= 4 is 23.8 Å². The molecule has 1 aromatic carbocycles. The van der Waals surface area contributed by atoms with Crippen LogP contribution in [0.25, 0.3) is 17.2 Å². The van der Waals surface area contributed by atoms with E-state index in [0.29, 0.717) is 35.5 Å². The van der Waals surface area contributed by atoms with Gasteiger partial charge in [-0.05, 0) is 62.4 Å². The van der Waals surface area contributed by atoms with Crippen LogP contribution in [-0.2, 0) is 9.53 Å². The number of allylic oxidation sites excluding steroid dienone is 3. The Morgan fingerprint density at radius 3 is 2.64 bits per heavy atom. The number of anilines is 1. The van der Waals surface area contributed by atoms with Crippen LogP contribution in [0.4, 0.5) is 15.0 Å². The van der Waals surface area contributed by atoms with Crippen molar-refractivity contribution in [1.29, 1.82) is 0 Å². The van der Waals surface area contributed by atoms with Gasteiger partial charge in [-0.15, -0.1) is 5.10 Å². The number of nitrogens with zero attached hydrogens (tertiary/aromatic N) is 2. The third-order valence-corrected chi connectivity index (χ3v) is 6.56. The van der Waals surface area contributed by atoms with Crippen LogP contribution in [0.2, 0.25) is 0 Å². The third kappa shape index (κ3) is 5.77. The first-order valence-corrected chi connectivity index (χ1v) is 12.8. The van der Waals surface area contributed by atoms with Gasteiger partial charge < -0.3 is 14.8 Å². The zero-order chi connectivity index (χ0) is 27.9. The molecule has 0 saturated heterocycles. The lowest BCUT2D eigenvalue weighted by atomic mass is 9.70. The van der Waals surface area contributed by atoms with Crippen molar-refractivity contribution < 1.29 is 23.5 Å². The highest BCUT2D eigenvalue weighted by Gasteiger charge is 2.42. The van der Waals surface area contributed by atoms with E-state index >= 15 is 0 Å². The lowest BCUT2D eigenvalue weighted by Crippen LogP contribution is -2.33. The summed E-state index contributed by atoms with van der Waals surface area (Å²) in [6.45, 7) is 9.35. The van der Waals surface area contributed by atoms with Crippen LogP contribution in [0.3, 0.4) is 0 Å². The van der Waals surface area contributed by atoms with Crippen LogP contribution in [0.1, 0.15) is 64.6 Å². The summed E-state index contributed by atoms with van der Waals surface area (Å²) in [4.78, 5) is 30.4. The molecule has 0 spiro atoms. The SMILES string of the molecule is CC1(C)CC(=O)C2=C(C1)Nc1[nH]nc(OC(=O)OC(C)(C)C)c1C2/C=C/c1ccc(-c2cccc(F)c2)cn1. The van der Waals surface area contributed by atoms with Gasteiger partial charge in [0.05, 0.1) is 11.3 Å². The fourth-order valence-corrected chi connectivity index (χ4v) is 4.98. The van der Waals surface area contributed by atoms with Crippen LogP contribution in [0.5, 0.6) is 5.88 Å². The molecule has 39 heavy (non-hydrogen) atoms. The topological polar surface area (TPSA) is 106 Å². The Bertz CT molecular complexity index is 1500. The highest BCUT2D eigenvalue weighted by atomic mass is 19.1. The van der Waals surface area contributed by atoms with E-state index in [-0.39, 0.29) is 22.9 Å². The summed E-state index contributed by atoms with van der Waals surface area (Å²) >= 11 is 0. The van der Waals surface area contributed by atoms with Gasteiger partial charge >= 0.3 is 6.16 Å². The van der Waals surface area contributed by atoms with Crippen molar-refractivity contribution in [3.63, 3.8) is 0 Å². The molecule has 2 aliphatic rings. The van der Waals surface area contributed by atoms with E-state index in [1.807, 2.05) is 30.4 Å². The summed E-state index contributed by atoms with van der Waals surface area (Å²) in [5.41, 5.74) is 3.21. The monoisotopic (exact) mass is 530 g/mol. The summed E-state index contributed by atoms with van der Waals surface area (Å²) in [6, 6.07) is 10.0. The first kappa shape index (κ1) is 26.3. The Morgan fingerprint density at radius 2 is 1.95 bits per heavy atom. The predicted molar refractivity (Wildman–Crippen MR) is 146 cm³/mol. The number of hydrogen-bond donors (Lipinski definition) is 2. The van der Waals surface area contributed by atoms with E-state index in [9.17, 15) is 14.0 Å². The molecule has 2 N–H and O–H groups in total. The fourth-order valence-electron chi connectivity index (χ4n) is 4.98.